The molecule has 0 fully saturated rings. The molecule has 4 N–H and O–H groups in total. The van der Waals surface area contributed by atoms with Gasteiger partial charge in [-0.2, -0.15) is 0 Å². The molecular formula is C21H17NO4. The predicted octanol–water partition coefficient (Wildman–Crippen LogP) is 3.40. The fourth-order valence-electron chi connectivity index (χ4n) is 3.72. The van der Waals surface area contributed by atoms with Crippen LogP contribution >= 0.6 is 0 Å². The lowest BCUT2D eigenvalue weighted by molar-refractivity contribution is -0.118. The Balaban J connectivity index is 2.10. The van der Waals surface area contributed by atoms with Gasteiger partial charge in [0.25, 0.3) is 0 Å². The molecule has 3 aromatic carbocycles. The first-order valence-corrected chi connectivity index (χ1v) is 8.17. The number of hydrogen-bond acceptors (Lipinski definition) is 4. The average molecular weight is 347 g/mol. The van der Waals surface area contributed by atoms with Crippen LogP contribution in [0.3, 0.4) is 0 Å². The van der Waals surface area contributed by atoms with Crippen molar-refractivity contribution >= 4 is 11.6 Å². The number of hydrogen-bond donors (Lipinski definition) is 4. The number of benzene rings is 3. The second-order valence-electron chi connectivity index (χ2n) is 6.48. The van der Waals surface area contributed by atoms with E-state index in [1.165, 1.54) is 24.3 Å². The third kappa shape index (κ3) is 2.14. The van der Waals surface area contributed by atoms with Crippen LogP contribution in [0.4, 0.5) is 5.69 Å². The van der Waals surface area contributed by atoms with Gasteiger partial charge >= 0.3 is 0 Å². The number of carbonyl (C=O) groups excluding carboxylic acids is 1. The van der Waals surface area contributed by atoms with Crippen LogP contribution in [0.1, 0.15) is 22.3 Å². The highest BCUT2D eigenvalue weighted by atomic mass is 16.3. The van der Waals surface area contributed by atoms with E-state index < -0.39 is 5.41 Å². The lowest BCUT2D eigenvalue weighted by Crippen LogP contribution is -2.36. The number of phenolic OH excluding ortho intramolecular Hbond substituents is 3. The number of aromatic hydroxyl groups is 3. The van der Waals surface area contributed by atoms with E-state index in [0.29, 0.717) is 22.4 Å². The summed E-state index contributed by atoms with van der Waals surface area (Å²) in [5.41, 5.74) is 2.17. The molecule has 0 bridgehead atoms. The van der Waals surface area contributed by atoms with Crippen LogP contribution in [0.25, 0.3) is 0 Å². The minimum Gasteiger partial charge on any atom is -0.508 e. The van der Waals surface area contributed by atoms with Crippen LogP contribution in [-0.2, 0) is 10.2 Å². The summed E-state index contributed by atoms with van der Waals surface area (Å²) < 4.78 is 0. The summed E-state index contributed by atoms with van der Waals surface area (Å²) in [5.74, 6) is 0.0120. The van der Waals surface area contributed by atoms with Crippen LogP contribution in [0.2, 0.25) is 0 Å². The summed E-state index contributed by atoms with van der Waals surface area (Å²) in [6.45, 7) is 1.82. The molecule has 0 aromatic heterocycles. The summed E-state index contributed by atoms with van der Waals surface area (Å²) in [6.07, 6.45) is 0. The van der Waals surface area contributed by atoms with Crippen molar-refractivity contribution in [3.63, 3.8) is 0 Å². The Morgan fingerprint density at radius 2 is 1.27 bits per heavy atom. The molecule has 3 aromatic rings. The van der Waals surface area contributed by atoms with Crippen LogP contribution in [0.5, 0.6) is 17.2 Å². The topological polar surface area (TPSA) is 89.8 Å². The van der Waals surface area contributed by atoms with Crippen molar-refractivity contribution in [1.82, 2.24) is 0 Å². The SMILES string of the molecule is Cc1cc(O)cc2c1NC(=O)C2(c1ccc(O)cc1)c1ccc(O)cc1. The molecule has 0 spiro atoms. The van der Waals surface area contributed by atoms with Gasteiger partial charge in [0.2, 0.25) is 5.91 Å². The molecule has 5 nitrogen and oxygen atoms in total. The third-order valence-corrected chi connectivity index (χ3v) is 4.90. The Morgan fingerprint density at radius 1 is 0.769 bits per heavy atom. The van der Waals surface area contributed by atoms with Gasteiger partial charge in [0.15, 0.2) is 0 Å². The summed E-state index contributed by atoms with van der Waals surface area (Å²) >= 11 is 0. The van der Waals surface area contributed by atoms with E-state index in [0.717, 1.165) is 5.56 Å². The summed E-state index contributed by atoms with van der Waals surface area (Å²) in [7, 11) is 0. The maximum Gasteiger partial charge on any atom is 0.244 e. The molecule has 5 heteroatoms. The van der Waals surface area contributed by atoms with E-state index in [9.17, 15) is 20.1 Å². The first-order valence-electron chi connectivity index (χ1n) is 8.17. The Morgan fingerprint density at radius 3 is 1.77 bits per heavy atom. The molecule has 0 saturated carbocycles. The molecule has 0 aliphatic carbocycles. The molecule has 130 valence electrons. The molecule has 1 aliphatic rings. The number of nitrogens with one attached hydrogen (secondary N) is 1. The first-order chi connectivity index (χ1) is 12.4. The van der Waals surface area contributed by atoms with Gasteiger partial charge in [-0.05, 0) is 60.0 Å². The molecule has 0 saturated heterocycles. The number of aryl methyl sites for hydroxylation is 1. The number of carbonyl (C=O) groups is 1. The first kappa shape index (κ1) is 16.0. The van der Waals surface area contributed by atoms with E-state index in [1.54, 1.807) is 36.4 Å². The molecule has 1 heterocycles. The number of phenols is 3. The van der Waals surface area contributed by atoms with Crippen molar-refractivity contribution in [2.45, 2.75) is 12.3 Å². The van der Waals surface area contributed by atoms with Crippen molar-refractivity contribution < 1.29 is 20.1 Å². The zero-order chi connectivity index (χ0) is 18.5. The number of amides is 1. The van der Waals surface area contributed by atoms with Gasteiger partial charge in [0.1, 0.15) is 22.7 Å². The van der Waals surface area contributed by atoms with Gasteiger partial charge in [-0.15, -0.1) is 0 Å². The highest BCUT2D eigenvalue weighted by molar-refractivity contribution is 6.12. The van der Waals surface area contributed by atoms with Crippen molar-refractivity contribution in [3.05, 3.63) is 82.9 Å². The molecule has 0 radical (unpaired) electrons. The van der Waals surface area contributed by atoms with Gasteiger partial charge in [0.05, 0.1) is 0 Å². The third-order valence-electron chi connectivity index (χ3n) is 4.90. The van der Waals surface area contributed by atoms with Crippen LogP contribution in [0.15, 0.2) is 60.7 Å². The standard InChI is InChI=1S/C21H17NO4/c1-12-10-17(25)11-18-19(12)22-20(26)21(18,13-2-6-15(23)7-3-13)14-4-8-16(24)9-5-14/h2-11,23-25H,1H3,(H,22,26). The largest absolute Gasteiger partial charge is 0.508 e. The van der Waals surface area contributed by atoms with E-state index in [1.807, 2.05) is 6.92 Å². The molecule has 0 atom stereocenters. The maximum atomic E-state index is 13.3. The van der Waals surface area contributed by atoms with E-state index in [2.05, 4.69) is 5.32 Å². The average Bonchev–Trinajstić information content (AvgIpc) is 2.90. The number of anilines is 1. The Bertz CT molecular complexity index is 962. The highest BCUT2D eigenvalue weighted by Crippen LogP contribution is 2.50. The Labute approximate surface area is 150 Å². The lowest BCUT2D eigenvalue weighted by Gasteiger charge is -2.29. The molecule has 0 unspecified atom stereocenters. The zero-order valence-electron chi connectivity index (χ0n) is 14.0. The Hall–Kier alpha value is -3.47. The van der Waals surface area contributed by atoms with Crippen molar-refractivity contribution in [3.8, 4) is 17.2 Å². The fourth-order valence-corrected chi connectivity index (χ4v) is 3.72. The molecule has 1 aliphatic heterocycles. The van der Waals surface area contributed by atoms with Gasteiger partial charge in [-0.25, -0.2) is 0 Å². The van der Waals surface area contributed by atoms with Crippen LogP contribution in [-0.4, -0.2) is 21.2 Å². The minimum atomic E-state index is -1.19. The van der Waals surface area contributed by atoms with Gasteiger partial charge < -0.3 is 20.6 Å². The predicted molar refractivity (Wildman–Crippen MR) is 97.6 cm³/mol. The van der Waals surface area contributed by atoms with E-state index >= 15 is 0 Å². The van der Waals surface area contributed by atoms with Gasteiger partial charge in [0, 0.05) is 11.3 Å². The lowest BCUT2D eigenvalue weighted by atomic mass is 9.70. The minimum absolute atomic E-state index is 0.0691. The number of rotatable bonds is 2. The second-order valence-corrected chi connectivity index (χ2v) is 6.48. The zero-order valence-corrected chi connectivity index (χ0v) is 14.0. The highest BCUT2D eigenvalue weighted by Gasteiger charge is 2.50. The van der Waals surface area contributed by atoms with Crippen molar-refractivity contribution in [2.24, 2.45) is 0 Å². The van der Waals surface area contributed by atoms with Crippen LogP contribution in [0, 0.1) is 6.92 Å². The summed E-state index contributed by atoms with van der Waals surface area (Å²) in [4.78, 5) is 13.3. The summed E-state index contributed by atoms with van der Waals surface area (Å²) in [5, 5.41) is 32.4. The quantitative estimate of drug-likeness (QED) is 0.535. The van der Waals surface area contributed by atoms with Crippen molar-refractivity contribution in [1.29, 1.82) is 0 Å². The monoisotopic (exact) mass is 347 g/mol. The van der Waals surface area contributed by atoms with Gasteiger partial charge in [-0.3, -0.25) is 4.79 Å². The van der Waals surface area contributed by atoms with E-state index in [4.69, 9.17) is 0 Å². The fraction of sp³-hybridized carbons (Fsp3) is 0.0952. The normalized spacial score (nSPS) is 14.7. The molecule has 1 amide bonds. The van der Waals surface area contributed by atoms with Gasteiger partial charge in [-0.1, -0.05) is 24.3 Å². The summed E-state index contributed by atoms with van der Waals surface area (Å²) in [6, 6.07) is 16.1. The smallest absolute Gasteiger partial charge is 0.244 e. The second kappa shape index (κ2) is 5.52. The van der Waals surface area contributed by atoms with Crippen molar-refractivity contribution in [2.75, 3.05) is 5.32 Å². The molecule has 26 heavy (non-hydrogen) atoms. The maximum absolute atomic E-state index is 13.3. The molecule has 4 rings (SSSR count). The van der Waals surface area contributed by atoms with Crippen LogP contribution < -0.4 is 5.32 Å². The Kier molecular flexibility index (Phi) is 3.40. The number of fused-ring (bicyclic) bond motifs is 1. The van der Waals surface area contributed by atoms with E-state index in [-0.39, 0.29) is 23.2 Å². The molecular weight excluding hydrogens is 330 g/mol.